The van der Waals surface area contributed by atoms with Gasteiger partial charge in [0, 0.05) is 13.1 Å². The highest BCUT2D eigenvalue weighted by Crippen LogP contribution is 1.88. The van der Waals surface area contributed by atoms with E-state index in [2.05, 4.69) is 20.3 Å². The van der Waals surface area contributed by atoms with E-state index in [0.717, 1.165) is 0 Å². The number of nitrogens with zero attached hydrogens (tertiary/aromatic N) is 3. The van der Waals surface area contributed by atoms with Gasteiger partial charge in [0.1, 0.15) is 12.7 Å². The molecule has 1 aromatic rings. The smallest absolute Gasteiger partial charge is 0.225 e. The maximum atomic E-state index is 5.24. The van der Waals surface area contributed by atoms with Gasteiger partial charge in [0.2, 0.25) is 5.95 Å². The topological polar surface area (TPSA) is 76.7 Å². The number of anilines is 1. The molecule has 5 heteroatoms. The molecule has 0 amide bonds. The van der Waals surface area contributed by atoms with Crippen LogP contribution in [0.4, 0.5) is 5.95 Å². The van der Waals surface area contributed by atoms with Gasteiger partial charge < -0.3 is 11.1 Å². The van der Waals surface area contributed by atoms with E-state index in [1.807, 2.05) is 0 Å². The molecular weight excluding hydrogens is 130 g/mol. The number of hydrogen-bond donors (Lipinski definition) is 2. The fraction of sp³-hybridized carbons (Fsp3) is 0.400. The van der Waals surface area contributed by atoms with E-state index in [4.69, 9.17) is 5.73 Å². The Morgan fingerprint density at radius 1 is 1.40 bits per heavy atom. The van der Waals surface area contributed by atoms with Gasteiger partial charge in [-0.15, -0.1) is 0 Å². The van der Waals surface area contributed by atoms with Gasteiger partial charge in [0.25, 0.3) is 0 Å². The lowest BCUT2D eigenvalue weighted by Gasteiger charge is -1.98. The molecule has 0 bridgehead atoms. The first kappa shape index (κ1) is 6.88. The SMILES string of the molecule is NCCNc1ncncn1. The number of hydrogen-bond acceptors (Lipinski definition) is 5. The lowest BCUT2D eigenvalue weighted by atomic mass is 10.6. The van der Waals surface area contributed by atoms with Gasteiger partial charge in [-0.25, -0.2) is 15.0 Å². The first-order chi connectivity index (χ1) is 4.93. The predicted octanol–water partition coefficient (Wildman–Crippen LogP) is -0.758. The third-order valence-electron chi connectivity index (χ3n) is 0.921. The third-order valence-corrected chi connectivity index (χ3v) is 0.921. The minimum absolute atomic E-state index is 0.570. The average Bonchev–Trinajstić information content (AvgIpc) is 2.03. The average molecular weight is 139 g/mol. The van der Waals surface area contributed by atoms with Crippen molar-refractivity contribution in [1.29, 1.82) is 0 Å². The minimum atomic E-state index is 0.570. The number of rotatable bonds is 3. The summed E-state index contributed by atoms with van der Waals surface area (Å²) in [5.74, 6) is 0.570. The normalized spacial score (nSPS) is 9.30. The predicted molar refractivity (Wildman–Crippen MR) is 37.4 cm³/mol. The van der Waals surface area contributed by atoms with Crippen molar-refractivity contribution in [2.75, 3.05) is 18.4 Å². The maximum absolute atomic E-state index is 5.24. The van der Waals surface area contributed by atoms with Gasteiger partial charge in [-0.2, -0.15) is 0 Å². The molecule has 1 aromatic heterocycles. The van der Waals surface area contributed by atoms with E-state index in [-0.39, 0.29) is 0 Å². The number of nitrogens with one attached hydrogen (secondary N) is 1. The Balaban J connectivity index is 2.43. The van der Waals surface area contributed by atoms with E-state index in [9.17, 15) is 0 Å². The maximum Gasteiger partial charge on any atom is 0.225 e. The Hall–Kier alpha value is -1.23. The summed E-state index contributed by atoms with van der Waals surface area (Å²) in [4.78, 5) is 11.3. The van der Waals surface area contributed by atoms with Gasteiger partial charge in [0.05, 0.1) is 0 Å². The van der Waals surface area contributed by atoms with Crippen molar-refractivity contribution in [2.24, 2.45) is 5.73 Å². The van der Waals surface area contributed by atoms with Crippen LogP contribution in [-0.2, 0) is 0 Å². The Morgan fingerprint density at radius 2 is 2.10 bits per heavy atom. The molecule has 0 aliphatic heterocycles. The van der Waals surface area contributed by atoms with Crippen LogP contribution in [0.2, 0.25) is 0 Å². The highest BCUT2D eigenvalue weighted by molar-refractivity contribution is 5.20. The molecule has 0 aliphatic rings. The van der Waals surface area contributed by atoms with Crippen LogP contribution in [0.3, 0.4) is 0 Å². The molecule has 0 saturated heterocycles. The van der Waals surface area contributed by atoms with Gasteiger partial charge in [-0.1, -0.05) is 0 Å². The molecular formula is C5H9N5. The molecule has 0 fully saturated rings. The summed E-state index contributed by atoms with van der Waals surface area (Å²) in [5, 5.41) is 2.91. The molecule has 54 valence electrons. The van der Waals surface area contributed by atoms with Crippen molar-refractivity contribution in [1.82, 2.24) is 15.0 Å². The Labute approximate surface area is 58.7 Å². The van der Waals surface area contributed by atoms with Crippen LogP contribution in [0.5, 0.6) is 0 Å². The summed E-state index contributed by atoms with van der Waals surface area (Å²) in [7, 11) is 0. The van der Waals surface area contributed by atoms with Crippen LogP contribution in [0.25, 0.3) is 0 Å². The number of aromatic nitrogens is 3. The van der Waals surface area contributed by atoms with E-state index in [1.165, 1.54) is 12.7 Å². The zero-order valence-electron chi connectivity index (χ0n) is 5.49. The van der Waals surface area contributed by atoms with Crippen LogP contribution in [0, 0.1) is 0 Å². The lowest BCUT2D eigenvalue weighted by molar-refractivity contribution is 0.966. The highest BCUT2D eigenvalue weighted by atomic mass is 15.1. The summed E-state index contributed by atoms with van der Waals surface area (Å²) in [6.07, 6.45) is 2.87. The van der Waals surface area contributed by atoms with Gasteiger partial charge in [0.15, 0.2) is 0 Å². The highest BCUT2D eigenvalue weighted by Gasteiger charge is 1.88. The third kappa shape index (κ3) is 1.94. The van der Waals surface area contributed by atoms with Crippen molar-refractivity contribution in [3.8, 4) is 0 Å². The Bertz CT molecular complexity index is 175. The molecule has 0 aliphatic carbocycles. The van der Waals surface area contributed by atoms with Gasteiger partial charge in [-0.3, -0.25) is 0 Å². The molecule has 0 atom stereocenters. The summed E-state index contributed by atoms with van der Waals surface area (Å²) >= 11 is 0. The second kappa shape index (κ2) is 3.73. The summed E-state index contributed by atoms with van der Waals surface area (Å²) in [5.41, 5.74) is 5.24. The molecule has 0 spiro atoms. The largest absolute Gasteiger partial charge is 0.353 e. The zero-order valence-corrected chi connectivity index (χ0v) is 5.49. The first-order valence-electron chi connectivity index (χ1n) is 2.99. The summed E-state index contributed by atoms with van der Waals surface area (Å²) < 4.78 is 0. The molecule has 1 rings (SSSR count). The van der Waals surface area contributed by atoms with E-state index < -0.39 is 0 Å². The molecule has 3 N–H and O–H groups in total. The first-order valence-corrected chi connectivity index (χ1v) is 2.99. The van der Waals surface area contributed by atoms with Crippen LogP contribution in [0.15, 0.2) is 12.7 Å². The fourth-order valence-corrected chi connectivity index (χ4v) is 0.514. The molecule has 0 saturated carbocycles. The molecule has 0 unspecified atom stereocenters. The van der Waals surface area contributed by atoms with Crippen molar-refractivity contribution in [3.63, 3.8) is 0 Å². The van der Waals surface area contributed by atoms with Crippen molar-refractivity contribution in [2.45, 2.75) is 0 Å². The van der Waals surface area contributed by atoms with Gasteiger partial charge >= 0.3 is 0 Å². The van der Waals surface area contributed by atoms with Crippen molar-refractivity contribution >= 4 is 5.95 Å². The van der Waals surface area contributed by atoms with E-state index in [1.54, 1.807) is 0 Å². The standard InChI is InChI=1S/C5H9N5/c6-1-2-8-5-9-3-7-4-10-5/h3-4H,1-2,6H2,(H,7,8,9,10). The Kier molecular flexibility index (Phi) is 2.57. The molecule has 0 aromatic carbocycles. The number of nitrogens with two attached hydrogens (primary N) is 1. The van der Waals surface area contributed by atoms with Crippen molar-refractivity contribution < 1.29 is 0 Å². The van der Waals surface area contributed by atoms with Gasteiger partial charge in [-0.05, 0) is 0 Å². The summed E-state index contributed by atoms with van der Waals surface area (Å²) in [6, 6.07) is 0. The zero-order chi connectivity index (χ0) is 7.23. The second-order valence-electron chi connectivity index (χ2n) is 1.68. The van der Waals surface area contributed by atoms with Crippen LogP contribution < -0.4 is 11.1 Å². The van der Waals surface area contributed by atoms with Crippen LogP contribution in [0.1, 0.15) is 0 Å². The van der Waals surface area contributed by atoms with Crippen LogP contribution in [-0.4, -0.2) is 28.0 Å². The molecule has 0 radical (unpaired) electrons. The lowest BCUT2D eigenvalue weighted by Crippen LogP contribution is -2.14. The quantitative estimate of drug-likeness (QED) is 0.575. The minimum Gasteiger partial charge on any atom is -0.353 e. The van der Waals surface area contributed by atoms with Crippen molar-refractivity contribution in [3.05, 3.63) is 12.7 Å². The second-order valence-corrected chi connectivity index (χ2v) is 1.68. The van der Waals surface area contributed by atoms with E-state index in [0.29, 0.717) is 19.0 Å². The summed E-state index contributed by atoms with van der Waals surface area (Å²) in [6.45, 7) is 1.26. The van der Waals surface area contributed by atoms with E-state index >= 15 is 0 Å². The Morgan fingerprint density at radius 3 is 2.70 bits per heavy atom. The fourth-order valence-electron chi connectivity index (χ4n) is 0.514. The molecule has 10 heavy (non-hydrogen) atoms. The molecule has 1 heterocycles. The molecule has 5 nitrogen and oxygen atoms in total. The monoisotopic (exact) mass is 139 g/mol. The van der Waals surface area contributed by atoms with Crippen LogP contribution >= 0.6 is 0 Å².